The Labute approximate surface area is 118 Å². The summed E-state index contributed by atoms with van der Waals surface area (Å²) in [4.78, 5) is 4.28. The molecule has 3 nitrogen and oxygen atoms in total. The van der Waals surface area contributed by atoms with Gasteiger partial charge in [-0.05, 0) is 23.8 Å². The molecule has 0 saturated heterocycles. The third-order valence-corrected chi connectivity index (χ3v) is 2.77. The molecule has 1 aromatic carbocycles. The van der Waals surface area contributed by atoms with Gasteiger partial charge in [-0.2, -0.15) is 0 Å². The molecule has 2 aromatic rings. The van der Waals surface area contributed by atoms with Gasteiger partial charge in [0.1, 0.15) is 5.75 Å². The van der Waals surface area contributed by atoms with Crippen molar-refractivity contribution < 1.29 is 4.74 Å². The van der Waals surface area contributed by atoms with Gasteiger partial charge in [-0.15, -0.1) is 0 Å². The number of benzene rings is 1. The average Bonchev–Trinajstić information content (AvgIpc) is 2.38. The van der Waals surface area contributed by atoms with E-state index in [9.17, 15) is 0 Å². The van der Waals surface area contributed by atoms with Crippen LogP contribution in [0.1, 0.15) is 19.4 Å². The molecule has 100 valence electrons. The van der Waals surface area contributed by atoms with E-state index in [-0.39, 0.29) is 0 Å². The Kier molecular flexibility index (Phi) is 4.77. The molecule has 0 saturated carbocycles. The Morgan fingerprint density at radius 1 is 1.26 bits per heavy atom. The van der Waals surface area contributed by atoms with Crippen LogP contribution in [-0.2, 0) is 6.54 Å². The van der Waals surface area contributed by atoms with Crippen molar-refractivity contribution in [2.45, 2.75) is 26.4 Å². The van der Waals surface area contributed by atoms with Gasteiger partial charge < -0.3 is 10.1 Å². The van der Waals surface area contributed by atoms with Crippen molar-refractivity contribution in [3.05, 3.63) is 53.2 Å². The summed E-state index contributed by atoms with van der Waals surface area (Å²) in [6.07, 6.45) is 1.81. The number of aromatic nitrogens is 1. The summed E-state index contributed by atoms with van der Waals surface area (Å²) in [6.45, 7) is 5.04. The molecule has 19 heavy (non-hydrogen) atoms. The van der Waals surface area contributed by atoms with Crippen LogP contribution in [0.2, 0.25) is 5.02 Å². The van der Waals surface area contributed by atoms with E-state index in [2.05, 4.69) is 24.1 Å². The van der Waals surface area contributed by atoms with Crippen molar-refractivity contribution in [2.75, 3.05) is 0 Å². The minimum absolute atomic E-state index is 0.461. The highest BCUT2D eigenvalue weighted by Gasteiger charge is 2.01. The van der Waals surface area contributed by atoms with Gasteiger partial charge in [-0.1, -0.05) is 37.6 Å². The predicted octanol–water partition coefficient (Wildman–Crippen LogP) is 4.03. The third kappa shape index (κ3) is 4.54. The van der Waals surface area contributed by atoms with Crippen molar-refractivity contribution >= 4 is 11.6 Å². The number of ether oxygens (including phenoxy) is 1. The molecule has 0 unspecified atom stereocenters. The zero-order chi connectivity index (χ0) is 13.7. The number of pyridine rings is 1. The van der Waals surface area contributed by atoms with E-state index in [1.54, 1.807) is 6.07 Å². The van der Waals surface area contributed by atoms with Crippen LogP contribution in [0.15, 0.2) is 42.6 Å². The predicted molar refractivity (Wildman–Crippen MR) is 77.7 cm³/mol. The van der Waals surface area contributed by atoms with Crippen LogP contribution >= 0.6 is 11.6 Å². The number of rotatable bonds is 5. The maximum atomic E-state index is 5.90. The molecule has 0 spiro atoms. The number of nitrogens with zero attached hydrogens (tertiary/aromatic N) is 1. The maximum absolute atomic E-state index is 5.90. The topological polar surface area (TPSA) is 34.1 Å². The summed E-state index contributed by atoms with van der Waals surface area (Å²) in [7, 11) is 0. The lowest BCUT2D eigenvalue weighted by atomic mass is 10.2. The Morgan fingerprint density at radius 2 is 2.11 bits per heavy atom. The van der Waals surface area contributed by atoms with Gasteiger partial charge in [0.2, 0.25) is 5.88 Å². The van der Waals surface area contributed by atoms with Crippen LogP contribution in [0.3, 0.4) is 0 Å². The molecule has 0 atom stereocenters. The van der Waals surface area contributed by atoms with E-state index < -0.39 is 0 Å². The van der Waals surface area contributed by atoms with E-state index in [1.165, 1.54) is 0 Å². The molecule has 4 heteroatoms. The van der Waals surface area contributed by atoms with Crippen LogP contribution in [0.4, 0.5) is 0 Å². The first-order chi connectivity index (χ1) is 9.13. The molecule has 1 aromatic heterocycles. The number of halogens is 1. The van der Waals surface area contributed by atoms with Gasteiger partial charge in [0.15, 0.2) is 0 Å². The van der Waals surface area contributed by atoms with Crippen LogP contribution in [0.5, 0.6) is 11.6 Å². The summed E-state index contributed by atoms with van der Waals surface area (Å²) in [6, 6.07) is 11.6. The van der Waals surface area contributed by atoms with Crippen molar-refractivity contribution in [1.29, 1.82) is 0 Å². The highest BCUT2D eigenvalue weighted by Crippen LogP contribution is 2.22. The van der Waals surface area contributed by atoms with Gasteiger partial charge in [0.25, 0.3) is 0 Å². The lowest BCUT2D eigenvalue weighted by Crippen LogP contribution is -2.21. The number of hydrogen-bond donors (Lipinski definition) is 1. The van der Waals surface area contributed by atoms with Crippen molar-refractivity contribution in [3.8, 4) is 11.6 Å². The molecule has 0 bridgehead atoms. The highest BCUT2D eigenvalue weighted by molar-refractivity contribution is 6.30. The monoisotopic (exact) mass is 276 g/mol. The second-order valence-electron chi connectivity index (χ2n) is 4.60. The molecule has 0 aliphatic heterocycles. The van der Waals surface area contributed by atoms with Gasteiger partial charge in [0, 0.05) is 29.9 Å². The number of hydrogen-bond acceptors (Lipinski definition) is 3. The molecule has 0 fully saturated rings. The summed E-state index contributed by atoms with van der Waals surface area (Å²) in [5, 5.41) is 3.99. The molecule has 0 aliphatic rings. The molecular weight excluding hydrogens is 260 g/mol. The highest BCUT2D eigenvalue weighted by atomic mass is 35.5. The fourth-order valence-corrected chi connectivity index (χ4v) is 1.73. The zero-order valence-electron chi connectivity index (χ0n) is 11.1. The molecule has 1 heterocycles. The van der Waals surface area contributed by atoms with E-state index >= 15 is 0 Å². The van der Waals surface area contributed by atoms with Crippen LogP contribution in [0.25, 0.3) is 0 Å². The fraction of sp³-hybridized carbons (Fsp3) is 0.267. The lowest BCUT2D eigenvalue weighted by molar-refractivity contribution is 0.462. The van der Waals surface area contributed by atoms with E-state index in [4.69, 9.17) is 16.3 Å². The molecule has 1 N–H and O–H groups in total. The van der Waals surface area contributed by atoms with E-state index in [0.717, 1.165) is 12.1 Å². The summed E-state index contributed by atoms with van der Waals surface area (Å²) in [5.41, 5.74) is 1.13. The Bertz CT molecular complexity index is 526. The molecular formula is C15H17ClN2O. The standard InChI is InChI=1S/C15H17ClN2O/c1-11(2)17-9-12-6-7-15(18-10-12)19-14-5-3-4-13(16)8-14/h3-8,10-11,17H,9H2,1-2H3. The zero-order valence-corrected chi connectivity index (χ0v) is 11.8. The van der Waals surface area contributed by atoms with Gasteiger partial charge in [-0.25, -0.2) is 4.98 Å². The summed E-state index contributed by atoms with van der Waals surface area (Å²) in [5.74, 6) is 1.25. The van der Waals surface area contributed by atoms with Crippen molar-refractivity contribution in [1.82, 2.24) is 10.3 Å². The molecule has 0 aliphatic carbocycles. The second kappa shape index (κ2) is 6.55. The molecule has 2 rings (SSSR count). The van der Waals surface area contributed by atoms with Gasteiger partial charge >= 0.3 is 0 Å². The smallest absolute Gasteiger partial charge is 0.219 e. The summed E-state index contributed by atoms with van der Waals surface area (Å²) >= 11 is 5.90. The Balaban J connectivity index is 1.98. The Morgan fingerprint density at radius 3 is 2.74 bits per heavy atom. The minimum atomic E-state index is 0.461. The SMILES string of the molecule is CC(C)NCc1ccc(Oc2cccc(Cl)c2)nc1. The molecule has 0 radical (unpaired) electrons. The van der Waals surface area contributed by atoms with Crippen molar-refractivity contribution in [3.63, 3.8) is 0 Å². The fourth-order valence-electron chi connectivity index (χ4n) is 1.55. The van der Waals surface area contributed by atoms with Crippen LogP contribution in [-0.4, -0.2) is 11.0 Å². The van der Waals surface area contributed by atoms with Gasteiger partial charge in [0.05, 0.1) is 0 Å². The third-order valence-electron chi connectivity index (χ3n) is 2.53. The lowest BCUT2D eigenvalue weighted by Gasteiger charge is -2.09. The maximum Gasteiger partial charge on any atom is 0.219 e. The van der Waals surface area contributed by atoms with E-state index in [1.807, 2.05) is 36.5 Å². The largest absolute Gasteiger partial charge is 0.439 e. The summed E-state index contributed by atoms with van der Waals surface area (Å²) < 4.78 is 5.62. The number of nitrogens with one attached hydrogen (secondary N) is 1. The van der Waals surface area contributed by atoms with Crippen LogP contribution in [0, 0.1) is 0 Å². The van der Waals surface area contributed by atoms with Gasteiger partial charge in [-0.3, -0.25) is 0 Å². The minimum Gasteiger partial charge on any atom is -0.439 e. The quantitative estimate of drug-likeness (QED) is 0.895. The van der Waals surface area contributed by atoms with E-state index in [0.29, 0.717) is 22.7 Å². The second-order valence-corrected chi connectivity index (χ2v) is 5.04. The molecule has 0 amide bonds. The normalized spacial score (nSPS) is 10.7. The first kappa shape index (κ1) is 13.8. The Hall–Kier alpha value is -1.58. The average molecular weight is 277 g/mol. The van der Waals surface area contributed by atoms with Crippen LogP contribution < -0.4 is 10.1 Å². The van der Waals surface area contributed by atoms with Crippen molar-refractivity contribution in [2.24, 2.45) is 0 Å². The first-order valence-electron chi connectivity index (χ1n) is 6.25. The first-order valence-corrected chi connectivity index (χ1v) is 6.63.